The van der Waals surface area contributed by atoms with Crippen LogP contribution in [-0.2, 0) is 32.0 Å². The molecule has 0 saturated carbocycles. The van der Waals surface area contributed by atoms with E-state index in [2.05, 4.69) is 27.4 Å². The predicted molar refractivity (Wildman–Crippen MR) is 160 cm³/mol. The summed E-state index contributed by atoms with van der Waals surface area (Å²) in [5, 5.41) is 1.95. The highest BCUT2D eigenvalue weighted by molar-refractivity contribution is 7.90. The Labute approximate surface area is 250 Å². The summed E-state index contributed by atoms with van der Waals surface area (Å²) >= 11 is 6.13. The van der Waals surface area contributed by atoms with Crippen molar-refractivity contribution in [2.75, 3.05) is 18.4 Å². The third kappa shape index (κ3) is 7.04. The second-order valence-corrected chi connectivity index (χ2v) is 14.3. The monoisotopic (exact) mass is 624 g/mol. The number of halogens is 1. The number of hydrogen-bond donors (Lipinski definition) is 1. The van der Waals surface area contributed by atoms with Crippen molar-refractivity contribution >= 4 is 43.1 Å². The molecule has 12 heteroatoms. The number of anilines is 1. The Balaban J connectivity index is 1.23. The quantitative estimate of drug-likeness (QED) is 0.260. The molecule has 1 fully saturated rings. The summed E-state index contributed by atoms with van der Waals surface area (Å²) in [7, 11) is -7.64. The molecule has 0 aliphatic carbocycles. The molecular weight excluding hydrogens is 596 g/mol. The first-order valence-corrected chi connectivity index (χ1v) is 16.8. The number of sulfone groups is 1. The smallest absolute Gasteiger partial charge is 0.275 e. The van der Waals surface area contributed by atoms with Crippen molar-refractivity contribution < 1.29 is 21.6 Å². The number of hydrogen-bond acceptors (Lipinski definition) is 7. The standard InChI is InChI=1S/C30H29ClN4O5S2/c31-27-20-32-30(41(37,38)21-24-9-5-2-6-10-24)34-28(27)29(36)33-25-11-13-26(14-12-25)42(39,40)35-17-15-23(16-18-35)19-22-7-3-1-4-8-22/h1-14,20,23H,15-19,21H2,(H,33,36). The Morgan fingerprint density at radius 3 is 2.07 bits per heavy atom. The molecule has 9 nitrogen and oxygen atoms in total. The molecule has 1 aliphatic rings. The molecule has 3 aromatic carbocycles. The first-order chi connectivity index (χ1) is 20.1. The van der Waals surface area contributed by atoms with E-state index < -0.39 is 30.9 Å². The SMILES string of the molecule is O=C(Nc1ccc(S(=O)(=O)N2CCC(Cc3ccccc3)CC2)cc1)c1nc(S(=O)(=O)Cc2ccccc2)ncc1Cl. The van der Waals surface area contributed by atoms with E-state index in [1.54, 1.807) is 30.3 Å². The summed E-state index contributed by atoms with van der Waals surface area (Å²) in [4.78, 5) is 20.8. The van der Waals surface area contributed by atoms with Gasteiger partial charge in [0, 0.05) is 18.8 Å². The first kappa shape index (κ1) is 29.8. The van der Waals surface area contributed by atoms with Crippen LogP contribution in [0.3, 0.4) is 0 Å². The van der Waals surface area contributed by atoms with Gasteiger partial charge in [-0.2, -0.15) is 4.31 Å². The molecule has 1 N–H and O–H groups in total. The highest BCUT2D eigenvalue weighted by atomic mass is 35.5. The third-order valence-corrected chi connectivity index (χ3v) is 10.8. The Hall–Kier alpha value is -3.64. The van der Waals surface area contributed by atoms with Gasteiger partial charge in [-0.3, -0.25) is 4.79 Å². The zero-order chi connectivity index (χ0) is 29.7. The summed E-state index contributed by atoms with van der Waals surface area (Å²) in [5.41, 5.74) is 1.79. The van der Waals surface area contributed by atoms with Crippen LogP contribution in [0.2, 0.25) is 5.02 Å². The van der Waals surface area contributed by atoms with Crippen molar-refractivity contribution in [1.82, 2.24) is 14.3 Å². The number of benzene rings is 3. The average molecular weight is 625 g/mol. The minimum atomic E-state index is -3.94. The zero-order valence-electron chi connectivity index (χ0n) is 22.6. The molecule has 2 heterocycles. The number of nitrogens with one attached hydrogen (secondary N) is 1. The number of sulfonamides is 1. The van der Waals surface area contributed by atoms with E-state index >= 15 is 0 Å². The fourth-order valence-corrected chi connectivity index (χ4v) is 7.72. The molecule has 0 unspecified atom stereocenters. The van der Waals surface area contributed by atoms with Crippen LogP contribution in [0.4, 0.5) is 5.69 Å². The van der Waals surface area contributed by atoms with Crippen LogP contribution < -0.4 is 5.32 Å². The fraction of sp³-hybridized carbons (Fsp3) is 0.233. The molecule has 1 aliphatic heterocycles. The van der Waals surface area contributed by atoms with Crippen molar-refractivity contribution in [3.05, 3.63) is 113 Å². The van der Waals surface area contributed by atoms with Gasteiger partial charge in [0.15, 0.2) is 5.69 Å². The largest absolute Gasteiger partial charge is 0.321 e. The van der Waals surface area contributed by atoms with Gasteiger partial charge >= 0.3 is 0 Å². The van der Waals surface area contributed by atoms with Crippen LogP contribution in [0, 0.1) is 5.92 Å². The van der Waals surface area contributed by atoms with E-state index in [1.165, 1.54) is 34.1 Å². The minimum Gasteiger partial charge on any atom is -0.321 e. The zero-order valence-corrected chi connectivity index (χ0v) is 24.9. The maximum Gasteiger partial charge on any atom is 0.275 e. The molecule has 0 spiro atoms. The highest BCUT2D eigenvalue weighted by Gasteiger charge is 2.29. The van der Waals surface area contributed by atoms with Gasteiger partial charge in [-0.1, -0.05) is 72.3 Å². The Bertz CT molecular complexity index is 1760. The molecule has 1 amide bonds. The van der Waals surface area contributed by atoms with E-state index in [4.69, 9.17) is 11.6 Å². The number of carbonyl (C=O) groups excluding carboxylic acids is 1. The molecule has 5 rings (SSSR count). The van der Waals surface area contributed by atoms with Crippen LogP contribution in [0.5, 0.6) is 0 Å². The van der Waals surface area contributed by atoms with E-state index in [-0.39, 0.29) is 21.4 Å². The minimum absolute atomic E-state index is 0.122. The van der Waals surface area contributed by atoms with Crippen LogP contribution in [0.25, 0.3) is 0 Å². The van der Waals surface area contributed by atoms with E-state index in [9.17, 15) is 21.6 Å². The van der Waals surface area contributed by atoms with Gasteiger partial charge in [-0.15, -0.1) is 0 Å². The lowest BCUT2D eigenvalue weighted by Crippen LogP contribution is -2.38. The van der Waals surface area contributed by atoms with Crippen molar-refractivity contribution in [1.29, 1.82) is 0 Å². The summed E-state index contributed by atoms with van der Waals surface area (Å²) in [6.45, 7) is 0.889. The third-order valence-electron chi connectivity index (χ3n) is 7.11. The van der Waals surface area contributed by atoms with Crippen LogP contribution in [0.1, 0.15) is 34.5 Å². The second-order valence-electron chi connectivity index (χ2n) is 10.1. The van der Waals surface area contributed by atoms with Gasteiger partial charge in [0.25, 0.3) is 5.91 Å². The van der Waals surface area contributed by atoms with Crippen molar-refractivity contribution in [3.63, 3.8) is 0 Å². The van der Waals surface area contributed by atoms with Gasteiger partial charge in [-0.05, 0) is 60.6 Å². The van der Waals surface area contributed by atoms with Crippen LogP contribution in [-0.4, -0.2) is 50.1 Å². The first-order valence-electron chi connectivity index (χ1n) is 13.4. The molecule has 1 aromatic heterocycles. The maximum absolute atomic E-state index is 13.3. The second kappa shape index (κ2) is 12.7. The van der Waals surface area contributed by atoms with Gasteiger partial charge in [-0.25, -0.2) is 26.8 Å². The van der Waals surface area contributed by atoms with Gasteiger partial charge in [0.05, 0.1) is 21.9 Å². The van der Waals surface area contributed by atoms with Gasteiger partial charge in [0.2, 0.25) is 25.0 Å². The van der Waals surface area contributed by atoms with E-state index in [0.717, 1.165) is 25.5 Å². The predicted octanol–water partition coefficient (Wildman–Crippen LogP) is 5.00. The molecular formula is C30H29ClN4O5S2. The molecule has 218 valence electrons. The number of carbonyl (C=O) groups is 1. The molecule has 0 bridgehead atoms. The molecule has 0 atom stereocenters. The topological polar surface area (TPSA) is 126 Å². The van der Waals surface area contributed by atoms with Gasteiger partial charge in [0.1, 0.15) is 0 Å². The van der Waals surface area contributed by atoms with E-state index in [1.807, 2.05) is 18.2 Å². The Morgan fingerprint density at radius 2 is 1.45 bits per heavy atom. The molecule has 42 heavy (non-hydrogen) atoms. The number of piperidine rings is 1. The van der Waals surface area contributed by atoms with Crippen LogP contribution >= 0.6 is 11.6 Å². The van der Waals surface area contributed by atoms with Crippen molar-refractivity contribution in [2.24, 2.45) is 5.92 Å². The normalized spacial score (nSPS) is 14.9. The highest BCUT2D eigenvalue weighted by Crippen LogP contribution is 2.27. The lowest BCUT2D eigenvalue weighted by atomic mass is 9.91. The number of rotatable bonds is 9. The fourth-order valence-electron chi connectivity index (χ4n) is 4.87. The van der Waals surface area contributed by atoms with E-state index in [0.29, 0.717) is 30.3 Å². The molecule has 4 aromatic rings. The average Bonchev–Trinajstić information content (AvgIpc) is 2.98. The summed E-state index contributed by atoms with van der Waals surface area (Å²) in [5.74, 6) is -0.662. The van der Waals surface area contributed by atoms with Crippen molar-refractivity contribution in [2.45, 2.75) is 35.1 Å². The lowest BCUT2D eigenvalue weighted by molar-refractivity contribution is 0.102. The number of amides is 1. The molecule has 0 radical (unpaired) electrons. The van der Waals surface area contributed by atoms with Crippen LogP contribution in [0.15, 0.2) is 101 Å². The summed E-state index contributed by atoms with van der Waals surface area (Å²) < 4.78 is 53.7. The number of aromatic nitrogens is 2. The molecule has 1 saturated heterocycles. The number of nitrogens with zero attached hydrogens (tertiary/aromatic N) is 3. The van der Waals surface area contributed by atoms with Crippen molar-refractivity contribution in [3.8, 4) is 0 Å². The summed E-state index contributed by atoms with van der Waals surface area (Å²) in [6, 6.07) is 24.5. The Morgan fingerprint density at radius 1 is 0.857 bits per heavy atom. The maximum atomic E-state index is 13.3. The van der Waals surface area contributed by atoms with Gasteiger partial charge < -0.3 is 5.32 Å². The Kier molecular flexibility index (Phi) is 9.02. The summed E-state index contributed by atoms with van der Waals surface area (Å²) in [6.07, 6.45) is 3.57. The lowest BCUT2D eigenvalue weighted by Gasteiger charge is -2.31.